The highest BCUT2D eigenvalue weighted by atomic mass is 16.5. The van der Waals surface area contributed by atoms with Gasteiger partial charge in [-0.25, -0.2) is 0 Å². The van der Waals surface area contributed by atoms with Crippen LogP contribution in [-0.4, -0.2) is 42.8 Å². The molecule has 1 fully saturated rings. The maximum Gasteiger partial charge on any atom is 0.252 e. The van der Waals surface area contributed by atoms with Crippen LogP contribution in [0, 0.1) is 11.3 Å². The monoisotopic (exact) mass is 316 g/mol. The number of ether oxygens (including phenoxy) is 2. The third-order valence-corrected chi connectivity index (χ3v) is 3.94. The molecule has 2 atom stereocenters. The Morgan fingerprint density at radius 2 is 2.22 bits per heavy atom. The van der Waals surface area contributed by atoms with Crippen LogP contribution >= 0.6 is 0 Å². The molecule has 1 saturated heterocycles. The lowest BCUT2D eigenvalue weighted by Crippen LogP contribution is -2.40. The van der Waals surface area contributed by atoms with Crippen molar-refractivity contribution in [3.8, 4) is 6.07 Å². The average Bonchev–Trinajstić information content (AvgIpc) is 2.60. The van der Waals surface area contributed by atoms with Gasteiger partial charge in [0.1, 0.15) is 12.6 Å². The molecular weight excluding hydrogens is 292 g/mol. The van der Waals surface area contributed by atoms with E-state index >= 15 is 0 Å². The molecule has 5 heteroatoms. The van der Waals surface area contributed by atoms with Crippen molar-refractivity contribution in [2.24, 2.45) is 0 Å². The lowest BCUT2D eigenvalue weighted by Gasteiger charge is -2.26. The zero-order valence-corrected chi connectivity index (χ0v) is 13.6. The minimum absolute atomic E-state index is 0.0569. The third kappa shape index (κ3) is 5.66. The summed E-state index contributed by atoms with van der Waals surface area (Å²) in [5, 5.41) is 8.97. The standard InChI is InChI=1S/C18H24N2O3/c1-15(23-14-17-9-5-6-12-22-17)18(21)20(11-10-19)13-16-7-3-2-4-8-16/h2-4,7-8,15,17H,5-6,9,11-14H2,1H3. The smallest absolute Gasteiger partial charge is 0.252 e. The van der Waals surface area contributed by atoms with Crippen LogP contribution in [0.3, 0.4) is 0 Å². The SMILES string of the molecule is CC(OCC1CCCCO1)C(=O)N(CC#N)Cc1ccccc1. The van der Waals surface area contributed by atoms with Crippen molar-refractivity contribution in [2.45, 2.75) is 44.9 Å². The molecule has 0 saturated carbocycles. The number of carbonyl (C=O) groups excluding carboxylic acids is 1. The molecule has 2 unspecified atom stereocenters. The topological polar surface area (TPSA) is 62.6 Å². The van der Waals surface area contributed by atoms with Gasteiger partial charge in [0.15, 0.2) is 0 Å². The van der Waals surface area contributed by atoms with Crippen molar-refractivity contribution in [3.63, 3.8) is 0 Å². The fraction of sp³-hybridized carbons (Fsp3) is 0.556. The number of rotatable bonds is 7. The summed E-state index contributed by atoms with van der Waals surface area (Å²) in [4.78, 5) is 14.0. The Morgan fingerprint density at radius 3 is 2.87 bits per heavy atom. The molecule has 1 aromatic rings. The third-order valence-electron chi connectivity index (χ3n) is 3.94. The number of benzene rings is 1. The summed E-state index contributed by atoms with van der Waals surface area (Å²) in [6, 6.07) is 11.7. The number of hydrogen-bond acceptors (Lipinski definition) is 4. The summed E-state index contributed by atoms with van der Waals surface area (Å²) < 4.78 is 11.3. The van der Waals surface area contributed by atoms with E-state index in [4.69, 9.17) is 14.7 Å². The van der Waals surface area contributed by atoms with Crippen LogP contribution in [0.4, 0.5) is 0 Å². The molecule has 5 nitrogen and oxygen atoms in total. The van der Waals surface area contributed by atoms with E-state index < -0.39 is 6.10 Å². The van der Waals surface area contributed by atoms with Gasteiger partial charge in [0.25, 0.3) is 5.91 Å². The minimum Gasteiger partial charge on any atom is -0.376 e. The Morgan fingerprint density at radius 1 is 1.43 bits per heavy atom. The number of amides is 1. The van der Waals surface area contributed by atoms with Crippen molar-refractivity contribution < 1.29 is 14.3 Å². The summed E-state index contributed by atoms with van der Waals surface area (Å²) in [5.74, 6) is -0.161. The Bertz CT molecular complexity index is 521. The van der Waals surface area contributed by atoms with E-state index in [2.05, 4.69) is 6.07 Å². The Hall–Kier alpha value is -1.90. The van der Waals surface area contributed by atoms with Gasteiger partial charge in [-0.2, -0.15) is 5.26 Å². The highest BCUT2D eigenvalue weighted by Gasteiger charge is 2.23. The summed E-state index contributed by atoms with van der Waals surface area (Å²) >= 11 is 0. The number of hydrogen-bond donors (Lipinski definition) is 0. The van der Waals surface area contributed by atoms with Crippen LogP contribution in [0.1, 0.15) is 31.7 Å². The number of nitriles is 1. The van der Waals surface area contributed by atoms with Gasteiger partial charge in [-0.05, 0) is 31.7 Å². The molecular formula is C18H24N2O3. The van der Waals surface area contributed by atoms with E-state index in [1.54, 1.807) is 6.92 Å². The summed E-state index contributed by atoms with van der Waals surface area (Å²) in [5.41, 5.74) is 0.999. The first-order valence-corrected chi connectivity index (χ1v) is 8.13. The van der Waals surface area contributed by atoms with E-state index in [-0.39, 0.29) is 18.6 Å². The van der Waals surface area contributed by atoms with Gasteiger partial charge in [0.05, 0.1) is 18.8 Å². The number of nitrogens with zero attached hydrogens (tertiary/aromatic N) is 2. The van der Waals surface area contributed by atoms with Crippen LogP contribution in [0.25, 0.3) is 0 Å². The largest absolute Gasteiger partial charge is 0.376 e. The van der Waals surface area contributed by atoms with Crippen LogP contribution in [-0.2, 0) is 20.8 Å². The van der Waals surface area contributed by atoms with E-state index in [1.165, 1.54) is 4.90 Å². The molecule has 124 valence electrons. The lowest BCUT2D eigenvalue weighted by molar-refractivity contribution is -0.146. The first kappa shape index (κ1) is 17.5. The van der Waals surface area contributed by atoms with Gasteiger partial charge in [0.2, 0.25) is 0 Å². The maximum absolute atomic E-state index is 12.5. The molecule has 1 aliphatic rings. The fourth-order valence-electron chi connectivity index (χ4n) is 2.62. The quantitative estimate of drug-likeness (QED) is 0.725. The zero-order chi connectivity index (χ0) is 16.5. The van der Waals surface area contributed by atoms with E-state index in [1.807, 2.05) is 30.3 Å². The second-order valence-corrected chi connectivity index (χ2v) is 5.80. The molecule has 1 aliphatic heterocycles. The lowest BCUT2D eigenvalue weighted by atomic mass is 10.1. The summed E-state index contributed by atoms with van der Waals surface area (Å²) in [6.45, 7) is 3.41. The zero-order valence-electron chi connectivity index (χ0n) is 13.6. The maximum atomic E-state index is 12.5. The molecule has 0 aliphatic carbocycles. The summed E-state index contributed by atoms with van der Waals surface area (Å²) in [7, 11) is 0. The molecule has 0 N–H and O–H groups in total. The highest BCUT2D eigenvalue weighted by molar-refractivity contribution is 5.80. The van der Waals surface area contributed by atoms with Gasteiger partial charge >= 0.3 is 0 Å². The summed E-state index contributed by atoms with van der Waals surface area (Å²) in [6.07, 6.45) is 2.73. The van der Waals surface area contributed by atoms with Crippen molar-refractivity contribution in [1.29, 1.82) is 5.26 Å². The molecule has 0 bridgehead atoms. The predicted octanol–water partition coefficient (Wildman–Crippen LogP) is 2.51. The van der Waals surface area contributed by atoms with Crippen molar-refractivity contribution in [2.75, 3.05) is 19.8 Å². The molecule has 0 radical (unpaired) electrons. The molecule has 0 aromatic heterocycles. The minimum atomic E-state index is -0.572. The van der Waals surface area contributed by atoms with Crippen LogP contribution in [0.2, 0.25) is 0 Å². The average molecular weight is 316 g/mol. The van der Waals surface area contributed by atoms with Crippen molar-refractivity contribution >= 4 is 5.91 Å². The van der Waals surface area contributed by atoms with Crippen molar-refractivity contribution in [1.82, 2.24) is 4.90 Å². The van der Waals surface area contributed by atoms with Gasteiger partial charge in [-0.1, -0.05) is 30.3 Å². The molecule has 1 aromatic carbocycles. The van der Waals surface area contributed by atoms with Gasteiger partial charge in [0, 0.05) is 13.2 Å². The molecule has 1 heterocycles. The van der Waals surface area contributed by atoms with Gasteiger partial charge in [-0.15, -0.1) is 0 Å². The Balaban J connectivity index is 1.87. The first-order chi connectivity index (χ1) is 11.2. The van der Waals surface area contributed by atoms with Crippen molar-refractivity contribution in [3.05, 3.63) is 35.9 Å². The van der Waals surface area contributed by atoms with Gasteiger partial charge < -0.3 is 14.4 Å². The molecule has 23 heavy (non-hydrogen) atoms. The second-order valence-electron chi connectivity index (χ2n) is 5.80. The molecule has 2 rings (SSSR count). The molecule has 0 spiro atoms. The van der Waals surface area contributed by atoms with E-state index in [0.717, 1.165) is 31.4 Å². The number of carbonyl (C=O) groups is 1. The fourth-order valence-corrected chi connectivity index (χ4v) is 2.62. The van der Waals surface area contributed by atoms with Crippen LogP contribution in [0.5, 0.6) is 0 Å². The second kappa shape index (κ2) is 9.29. The van der Waals surface area contributed by atoms with E-state index in [0.29, 0.717) is 13.2 Å². The van der Waals surface area contributed by atoms with E-state index in [9.17, 15) is 4.79 Å². The van der Waals surface area contributed by atoms with Gasteiger partial charge in [-0.3, -0.25) is 4.79 Å². The van der Waals surface area contributed by atoms with Crippen LogP contribution < -0.4 is 0 Å². The predicted molar refractivity (Wildman–Crippen MR) is 86.5 cm³/mol. The highest BCUT2D eigenvalue weighted by Crippen LogP contribution is 2.14. The Kier molecular flexibility index (Phi) is 7.05. The Labute approximate surface area is 137 Å². The van der Waals surface area contributed by atoms with Crippen LogP contribution in [0.15, 0.2) is 30.3 Å². The normalized spacial score (nSPS) is 18.9. The molecule has 1 amide bonds. The first-order valence-electron chi connectivity index (χ1n) is 8.13.